The first kappa shape index (κ1) is 19.3. The quantitative estimate of drug-likeness (QED) is 0.387. The number of nitrogens with zero attached hydrogens (tertiary/aromatic N) is 1. The molecule has 0 radical (unpaired) electrons. The molecule has 1 unspecified atom stereocenters. The number of likely N-dealkylation sites (N-methyl/N-ethyl adjacent to an activating group) is 1. The fourth-order valence-electron chi connectivity index (χ4n) is 1.87. The molecule has 0 saturated heterocycles. The van der Waals surface area contributed by atoms with Crippen molar-refractivity contribution in [1.29, 1.82) is 0 Å². The number of ether oxygens (including phenoxy) is 1. The van der Waals surface area contributed by atoms with Gasteiger partial charge >= 0.3 is 11.9 Å². The molecule has 21 heavy (non-hydrogen) atoms. The minimum Gasteiger partial charge on any atom is -0.550 e. The van der Waals surface area contributed by atoms with E-state index in [1.807, 2.05) is 0 Å². The number of carbonyl (C=O) groups excluding carboxylic acids is 2. The van der Waals surface area contributed by atoms with Gasteiger partial charge in [0, 0.05) is 12.4 Å². The van der Waals surface area contributed by atoms with Gasteiger partial charge in [-0.25, -0.2) is 0 Å². The SMILES string of the molecule is CC(O)(CC(=O)O)CC(=O)O[C@H](CC(=O)[O-])C[N+](C)(C)C. The van der Waals surface area contributed by atoms with Gasteiger partial charge < -0.3 is 29.3 Å². The van der Waals surface area contributed by atoms with Crippen LogP contribution in [0.15, 0.2) is 0 Å². The van der Waals surface area contributed by atoms with Crippen molar-refractivity contribution in [2.45, 2.75) is 37.9 Å². The summed E-state index contributed by atoms with van der Waals surface area (Å²) in [6.07, 6.45) is -2.49. The lowest BCUT2D eigenvalue weighted by atomic mass is 9.98. The zero-order valence-corrected chi connectivity index (χ0v) is 12.8. The van der Waals surface area contributed by atoms with Crippen LogP contribution in [0.1, 0.15) is 26.2 Å². The third-order valence-electron chi connectivity index (χ3n) is 2.50. The maximum absolute atomic E-state index is 11.7. The maximum Gasteiger partial charge on any atom is 0.309 e. The van der Waals surface area contributed by atoms with Gasteiger partial charge in [0.1, 0.15) is 6.54 Å². The molecule has 0 aliphatic heterocycles. The summed E-state index contributed by atoms with van der Waals surface area (Å²) in [6.45, 7) is 1.46. The molecular weight excluding hydrogens is 282 g/mol. The lowest BCUT2D eigenvalue weighted by Gasteiger charge is -2.30. The van der Waals surface area contributed by atoms with Crippen LogP contribution in [0, 0.1) is 0 Å². The Kier molecular flexibility index (Phi) is 6.78. The first-order valence-corrected chi connectivity index (χ1v) is 6.45. The predicted octanol–water partition coefficient (Wildman–Crippen LogP) is -1.64. The van der Waals surface area contributed by atoms with Crippen molar-refractivity contribution >= 4 is 17.9 Å². The highest BCUT2D eigenvalue weighted by atomic mass is 16.5. The Labute approximate surface area is 123 Å². The number of aliphatic carboxylic acids is 2. The number of carboxylic acids is 2. The lowest BCUT2D eigenvalue weighted by Crippen LogP contribution is -2.45. The van der Waals surface area contributed by atoms with Crippen LogP contribution in [0.4, 0.5) is 0 Å². The van der Waals surface area contributed by atoms with E-state index in [-0.39, 0.29) is 6.54 Å². The van der Waals surface area contributed by atoms with Gasteiger partial charge in [0.05, 0.1) is 39.6 Å². The number of hydrogen-bond donors (Lipinski definition) is 2. The molecule has 0 rings (SSSR count). The van der Waals surface area contributed by atoms with Gasteiger partial charge in [-0.15, -0.1) is 0 Å². The lowest BCUT2D eigenvalue weighted by molar-refractivity contribution is -0.873. The summed E-state index contributed by atoms with van der Waals surface area (Å²) < 4.78 is 5.40. The molecule has 0 saturated carbocycles. The zero-order valence-electron chi connectivity index (χ0n) is 12.8. The maximum atomic E-state index is 11.7. The highest BCUT2D eigenvalue weighted by Gasteiger charge is 2.30. The van der Waals surface area contributed by atoms with E-state index >= 15 is 0 Å². The Balaban J connectivity index is 4.66. The summed E-state index contributed by atoms with van der Waals surface area (Å²) in [4.78, 5) is 32.9. The molecule has 0 aliphatic rings. The van der Waals surface area contributed by atoms with Crippen molar-refractivity contribution < 1.29 is 38.9 Å². The second-order valence-corrected chi connectivity index (χ2v) is 6.41. The highest BCUT2D eigenvalue weighted by molar-refractivity contribution is 5.74. The monoisotopic (exact) mass is 305 g/mol. The van der Waals surface area contributed by atoms with Gasteiger partial charge in [-0.2, -0.15) is 0 Å². The summed E-state index contributed by atoms with van der Waals surface area (Å²) in [5.74, 6) is -3.44. The topological polar surface area (TPSA) is 124 Å². The molecule has 2 atom stereocenters. The van der Waals surface area contributed by atoms with Gasteiger partial charge in [0.2, 0.25) is 0 Å². The standard InChI is InChI=1S/C13H23NO7/c1-13(20,6-11(17)18)7-12(19)21-9(5-10(15)16)8-14(2,3)4/h9,20H,5-8H2,1-4H3,(H-,15,16,17,18)/t9-,13?/m1/s1. The molecule has 0 heterocycles. The van der Waals surface area contributed by atoms with E-state index in [0.717, 1.165) is 0 Å². The van der Waals surface area contributed by atoms with E-state index in [9.17, 15) is 24.6 Å². The van der Waals surface area contributed by atoms with Gasteiger partial charge in [-0.05, 0) is 6.92 Å². The Hall–Kier alpha value is -1.67. The van der Waals surface area contributed by atoms with Crippen molar-refractivity contribution in [2.24, 2.45) is 0 Å². The van der Waals surface area contributed by atoms with Crippen molar-refractivity contribution in [3.05, 3.63) is 0 Å². The Morgan fingerprint density at radius 3 is 2.14 bits per heavy atom. The van der Waals surface area contributed by atoms with Gasteiger partial charge in [0.15, 0.2) is 6.10 Å². The number of rotatable bonds is 9. The zero-order chi connectivity index (χ0) is 16.8. The van der Waals surface area contributed by atoms with E-state index in [2.05, 4.69) is 0 Å². The van der Waals surface area contributed by atoms with Crippen LogP contribution in [0.25, 0.3) is 0 Å². The van der Waals surface area contributed by atoms with Gasteiger partial charge in [0.25, 0.3) is 0 Å². The van der Waals surface area contributed by atoms with Gasteiger partial charge in [-0.3, -0.25) is 9.59 Å². The average molecular weight is 305 g/mol. The molecular formula is C13H23NO7. The summed E-state index contributed by atoms with van der Waals surface area (Å²) in [6, 6.07) is 0. The third-order valence-corrected chi connectivity index (χ3v) is 2.50. The number of hydrogen-bond acceptors (Lipinski definition) is 6. The van der Waals surface area contributed by atoms with Crippen LogP contribution in [-0.2, 0) is 19.1 Å². The highest BCUT2D eigenvalue weighted by Crippen LogP contribution is 2.16. The predicted molar refractivity (Wildman–Crippen MR) is 69.9 cm³/mol. The van der Waals surface area contributed by atoms with E-state index in [4.69, 9.17) is 9.84 Å². The second kappa shape index (κ2) is 7.37. The van der Waals surface area contributed by atoms with Crippen LogP contribution in [-0.4, -0.2) is 72.0 Å². The molecule has 0 aliphatic carbocycles. The minimum absolute atomic E-state index is 0.251. The summed E-state index contributed by atoms with van der Waals surface area (Å²) in [5, 5.41) is 29.1. The minimum atomic E-state index is -1.74. The summed E-state index contributed by atoms with van der Waals surface area (Å²) in [5.41, 5.74) is -1.74. The van der Waals surface area contributed by atoms with Gasteiger partial charge in [-0.1, -0.05) is 0 Å². The molecule has 0 fully saturated rings. The normalized spacial score (nSPS) is 15.9. The Morgan fingerprint density at radius 2 is 1.76 bits per heavy atom. The van der Waals surface area contributed by atoms with Crippen LogP contribution in [0.5, 0.6) is 0 Å². The molecule has 0 amide bonds. The fourth-order valence-corrected chi connectivity index (χ4v) is 1.87. The Bertz CT molecular complexity index is 398. The first-order valence-electron chi connectivity index (χ1n) is 6.45. The molecule has 2 N–H and O–H groups in total. The molecule has 0 aromatic heterocycles. The van der Waals surface area contributed by atoms with Crippen molar-refractivity contribution in [3.63, 3.8) is 0 Å². The molecule has 0 spiro atoms. The van der Waals surface area contributed by atoms with Crippen molar-refractivity contribution in [2.75, 3.05) is 27.7 Å². The third kappa shape index (κ3) is 10.7. The number of quaternary nitrogens is 1. The van der Waals surface area contributed by atoms with E-state index in [1.165, 1.54) is 6.92 Å². The largest absolute Gasteiger partial charge is 0.550 e. The number of aliphatic hydroxyl groups is 1. The molecule has 8 nitrogen and oxygen atoms in total. The average Bonchev–Trinajstić information content (AvgIpc) is 2.07. The van der Waals surface area contributed by atoms with E-state index < -0.39 is 48.9 Å². The summed E-state index contributed by atoms with van der Waals surface area (Å²) >= 11 is 0. The first-order chi connectivity index (χ1) is 9.31. The van der Waals surface area contributed by atoms with Crippen LogP contribution < -0.4 is 5.11 Å². The Morgan fingerprint density at radius 1 is 1.24 bits per heavy atom. The van der Waals surface area contributed by atoms with Crippen molar-refractivity contribution in [3.8, 4) is 0 Å². The number of esters is 1. The second-order valence-electron chi connectivity index (χ2n) is 6.41. The van der Waals surface area contributed by atoms with E-state index in [1.54, 1.807) is 21.1 Å². The number of carboxylic acid groups (broad SMARTS) is 2. The fraction of sp³-hybridized carbons (Fsp3) is 0.769. The van der Waals surface area contributed by atoms with Crippen LogP contribution >= 0.6 is 0 Å². The summed E-state index contributed by atoms with van der Waals surface area (Å²) in [7, 11) is 5.41. The molecule has 0 bridgehead atoms. The molecule has 0 aromatic rings. The molecule has 122 valence electrons. The smallest absolute Gasteiger partial charge is 0.309 e. The van der Waals surface area contributed by atoms with E-state index in [0.29, 0.717) is 4.48 Å². The molecule has 8 heteroatoms. The number of carbonyl (C=O) groups is 3. The van der Waals surface area contributed by atoms with Crippen LogP contribution in [0.3, 0.4) is 0 Å². The van der Waals surface area contributed by atoms with Crippen molar-refractivity contribution in [1.82, 2.24) is 0 Å². The van der Waals surface area contributed by atoms with Crippen LogP contribution in [0.2, 0.25) is 0 Å². The molecule has 0 aromatic carbocycles.